The fourth-order valence-electron chi connectivity index (χ4n) is 6.66. The lowest BCUT2D eigenvalue weighted by Gasteiger charge is -2.28. The molecule has 0 fully saturated rings. The van der Waals surface area contributed by atoms with Gasteiger partial charge in [0.05, 0.1) is 33.0 Å². The Morgan fingerprint density at radius 1 is 0.636 bits per heavy atom. The molecule has 3 aromatic rings. The molecule has 0 spiro atoms. The van der Waals surface area contributed by atoms with Gasteiger partial charge in [-0.25, -0.2) is 9.59 Å². The second-order valence-electron chi connectivity index (χ2n) is 15.1. The summed E-state index contributed by atoms with van der Waals surface area (Å²) in [5, 5.41) is 20.2. The van der Waals surface area contributed by atoms with Crippen LogP contribution in [0.2, 0.25) is 0 Å². The molecular weight excluding hydrogens is 689 g/mol. The van der Waals surface area contributed by atoms with Crippen molar-refractivity contribution in [2.45, 2.75) is 118 Å². The Labute approximate surface area is 330 Å². The number of aliphatic hydroxyl groups is 2. The molecule has 55 heavy (non-hydrogen) atoms. The van der Waals surface area contributed by atoms with Crippen LogP contribution in [0.5, 0.6) is 5.75 Å². The molecule has 0 saturated heterocycles. The first kappa shape index (κ1) is 45.2. The molecule has 0 unspecified atom stereocenters. The highest BCUT2D eigenvalue weighted by atomic mass is 16.5. The molecular formula is C48H66O7. The summed E-state index contributed by atoms with van der Waals surface area (Å²) < 4.78 is 17.4. The van der Waals surface area contributed by atoms with Crippen LogP contribution in [0.25, 0.3) is 11.1 Å². The number of unbranched alkanes of at least 4 members (excludes halogenated alkanes) is 2. The fourth-order valence-corrected chi connectivity index (χ4v) is 6.66. The van der Waals surface area contributed by atoms with E-state index < -0.39 is 17.4 Å². The van der Waals surface area contributed by atoms with Gasteiger partial charge in [0.25, 0.3) is 0 Å². The molecule has 3 aromatic carbocycles. The monoisotopic (exact) mass is 754 g/mol. The van der Waals surface area contributed by atoms with Gasteiger partial charge in [-0.2, -0.15) is 0 Å². The van der Waals surface area contributed by atoms with Gasteiger partial charge in [0.1, 0.15) is 5.75 Å². The molecule has 0 atom stereocenters. The molecule has 3 rings (SSSR count). The van der Waals surface area contributed by atoms with E-state index in [9.17, 15) is 19.8 Å². The van der Waals surface area contributed by atoms with Crippen LogP contribution >= 0.6 is 0 Å². The molecule has 0 radical (unpaired) electrons. The maximum atomic E-state index is 12.1. The van der Waals surface area contributed by atoms with Crippen LogP contribution in [0.15, 0.2) is 78.9 Å². The van der Waals surface area contributed by atoms with Crippen LogP contribution in [0.3, 0.4) is 0 Å². The van der Waals surface area contributed by atoms with Gasteiger partial charge in [0.2, 0.25) is 0 Å². The molecule has 0 aliphatic heterocycles. The van der Waals surface area contributed by atoms with E-state index in [1.807, 2.05) is 6.92 Å². The summed E-state index contributed by atoms with van der Waals surface area (Å²) in [6.45, 7) is 17.6. The van der Waals surface area contributed by atoms with Crippen molar-refractivity contribution in [2.24, 2.45) is 5.41 Å². The Kier molecular flexibility index (Phi) is 19.4. The Hall–Kier alpha value is -4.20. The molecule has 7 heteroatoms. The first-order chi connectivity index (χ1) is 26.5. The van der Waals surface area contributed by atoms with Crippen LogP contribution in [0.1, 0.15) is 113 Å². The molecule has 0 aliphatic carbocycles. The van der Waals surface area contributed by atoms with E-state index in [-0.39, 0.29) is 26.4 Å². The van der Waals surface area contributed by atoms with Crippen LogP contribution < -0.4 is 4.74 Å². The minimum atomic E-state index is -0.636. The molecule has 0 heterocycles. The highest BCUT2D eigenvalue weighted by molar-refractivity contribution is 5.87. The number of carbonyl (C=O) groups excluding carboxylic acids is 2. The van der Waals surface area contributed by atoms with E-state index in [1.54, 1.807) is 13.8 Å². The van der Waals surface area contributed by atoms with E-state index in [0.29, 0.717) is 56.3 Å². The largest absolute Gasteiger partial charge is 0.493 e. The third kappa shape index (κ3) is 14.4. The zero-order chi connectivity index (χ0) is 40.2. The van der Waals surface area contributed by atoms with Crippen molar-refractivity contribution >= 4 is 11.9 Å². The van der Waals surface area contributed by atoms with Gasteiger partial charge < -0.3 is 24.4 Å². The van der Waals surface area contributed by atoms with Crippen molar-refractivity contribution in [3.05, 3.63) is 112 Å². The number of benzene rings is 3. The molecule has 2 N–H and O–H groups in total. The Balaban J connectivity index is 1.95. The van der Waals surface area contributed by atoms with E-state index >= 15 is 0 Å². The van der Waals surface area contributed by atoms with Crippen molar-refractivity contribution < 1.29 is 34.0 Å². The first-order valence-electron chi connectivity index (χ1n) is 20.3. The number of rotatable bonds is 26. The number of aryl methyl sites for hydroxylation is 6. The summed E-state index contributed by atoms with van der Waals surface area (Å²) >= 11 is 0. The smallest absolute Gasteiger partial charge is 0.333 e. The highest BCUT2D eigenvalue weighted by Gasteiger charge is 2.27. The quantitative estimate of drug-likeness (QED) is 0.0478. The number of ether oxygens (including phenoxy) is 3. The van der Waals surface area contributed by atoms with E-state index in [0.717, 1.165) is 53.7 Å². The van der Waals surface area contributed by atoms with Crippen LogP contribution in [-0.4, -0.2) is 55.2 Å². The zero-order valence-corrected chi connectivity index (χ0v) is 34.3. The van der Waals surface area contributed by atoms with Crippen molar-refractivity contribution in [1.82, 2.24) is 0 Å². The Morgan fingerprint density at radius 3 is 1.65 bits per heavy atom. The second kappa shape index (κ2) is 23.7. The summed E-state index contributed by atoms with van der Waals surface area (Å²) in [6.07, 6.45) is 11.2. The van der Waals surface area contributed by atoms with Gasteiger partial charge in [0.15, 0.2) is 0 Å². The zero-order valence-electron chi connectivity index (χ0n) is 34.3. The lowest BCUT2D eigenvalue weighted by Crippen LogP contribution is -2.31. The predicted octanol–water partition coefficient (Wildman–Crippen LogP) is 9.69. The minimum absolute atomic E-state index is 0.134. The second-order valence-corrected chi connectivity index (χ2v) is 15.1. The Morgan fingerprint density at radius 2 is 1.16 bits per heavy atom. The molecule has 0 saturated carbocycles. The van der Waals surface area contributed by atoms with Gasteiger partial charge in [0, 0.05) is 16.6 Å². The molecule has 300 valence electrons. The summed E-state index contributed by atoms with van der Waals surface area (Å²) in [7, 11) is 0. The van der Waals surface area contributed by atoms with Crippen LogP contribution in [0.4, 0.5) is 0 Å². The number of esters is 2. The van der Waals surface area contributed by atoms with E-state index in [1.165, 1.54) is 41.5 Å². The lowest BCUT2D eigenvalue weighted by atomic mass is 9.84. The number of hydrogen-bond acceptors (Lipinski definition) is 7. The molecule has 0 aromatic heterocycles. The third-order valence-corrected chi connectivity index (χ3v) is 10.5. The topological polar surface area (TPSA) is 102 Å². The molecule has 0 bridgehead atoms. The number of aliphatic hydroxyl groups excluding tert-OH is 2. The average molecular weight is 755 g/mol. The van der Waals surface area contributed by atoms with Gasteiger partial charge in [-0.15, -0.1) is 0 Å². The van der Waals surface area contributed by atoms with Gasteiger partial charge in [-0.3, -0.25) is 0 Å². The maximum absolute atomic E-state index is 12.1. The summed E-state index contributed by atoms with van der Waals surface area (Å²) in [6, 6.07) is 20.3. The minimum Gasteiger partial charge on any atom is -0.493 e. The molecule has 7 nitrogen and oxygen atoms in total. The van der Waals surface area contributed by atoms with Crippen molar-refractivity contribution in [3.63, 3.8) is 0 Å². The standard InChI is InChI=1S/C48H66O7/c1-8-11-12-15-37-18-20-38(21-19-37)22-23-39-24-25-44(40(9-2)30-39)43-31-41(16-13-27-54-46(51)35(4)5)45(53-29-26-48(10-3,33-49)34-50)42(32-43)17-14-28-55-47(52)36(6)7/h18-21,24-25,30-32,49-50H,4,6,8-17,22-23,26-29,33-34H2,1-3,5,7H3. The van der Waals surface area contributed by atoms with Gasteiger partial charge >= 0.3 is 11.9 Å². The normalized spacial score (nSPS) is 11.3. The molecule has 0 amide bonds. The van der Waals surface area contributed by atoms with E-state index in [4.69, 9.17) is 14.2 Å². The van der Waals surface area contributed by atoms with E-state index in [2.05, 4.69) is 81.6 Å². The summed E-state index contributed by atoms with van der Waals surface area (Å²) in [4.78, 5) is 24.3. The summed E-state index contributed by atoms with van der Waals surface area (Å²) in [5.74, 6) is -0.0781. The van der Waals surface area contributed by atoms with Crippen molar-refractivity contribution in [2.75, 3.05) is 33.0 Å². The first-order valence-corrected chi connectivity index (χ1v) is 20.3. The summed E-state index contributed by atoms with van der Waals surface area (Å²) in [5.41, 5.74) is 9.61. The molecule has 0 aliphatic rings. The fraction of sp³-hybridized carbons (Fsp3) is 0.500. The number of hydrogen-bond donors (Lipinski definition) is 2. The predicted molar refractivity (Wildman–Crippen MR) is 224 cm³/mol. The van der Waals surface area contributed by atoms with Crippen LogP contribution in [-0.2, 0) is 57.6 Å². The van der Waals surface area contributed by atoms with Crippen LogP contribution in [0, 0.1) is 5.41 Å². The number of carbonyl (C=O) groups is 2. The SMILES string of the molecule is C=C(C)C(=O)OCCCc1cc(-c2ccc(CCc3ccc(CCCCC)cc3)cc2CC)cc(CCCOC(=O)C(=C)C)c1OCCC(CC)(CO)CO. The Bertz CT molecular complexity index is 1620. The average Bonchev–Trinajstić information content (AvgIpc) is 3.19. The third-order valence-electron chi connectivity index (χ3n) is 10.5. The van der Waals surface area contributed by atoms with Gasteiger partial charge in [-0.1, -0.05) is 89.2 Å². The van der Waals surface area contributed by atoms with Crippen molar-refractivity contribution in [3.8, 4) is 16.9 Å². The van der Waals surface area contributed by atoms with Gasteiger partial charge in [-0.05, 0) is 141 Å². The maximum Gasteiger partial charge on any atom is 0.333 e. The highest BCUT2D eigenvalue weighted by Crippen LogP contribution is 2.36. The lowest BCUT2D eigenvalue weighted by molar-refractivity contribution is -0.139. The van der Waals surface area contributed by atoms with Crippen molar-refractivity contribution in [1.29, 1.82) is 0 Å².